The third-order valence-corrected chi connectivity index (χ3v) is 4.66. The molecule has 0 unspecified atom stereocenters. The molecule has 6 nitrogen and oxygen atoms in total. The maximum Gasteiger partial charge on any atom is 0.359 e. The normalized spacial score (nSPS) is 10.8. The fourth-order valence-electron chi connectivity index (χ4n) is 1.99. The third-order valence-electron chi connectivity index (χ3n) is 3.27. The van der Waals surface area contributed by atoms with Crippen LogP contribution in [0, 0.1) is 0 Å². The number of nitrogens with zero attached hydrogens (tertiary/aromatic N) is 2. The van der Waals surface area contributed by atoms with E-state index in [4.69, 9.17) is 61.3 Å². The molecule has 0 amide bonds. The minimum absolute atomic E-state index is 0.0338. The zero-order valence-electron chi connectivity index (χ0n) is 12.8. The molecule has 0 aliphatic rings. The van der Waals surface area contributed by atoms with Crippen molar-refractivity contribution in [2.75, 3.05) is 5.73 Å². The molecule has 0 atom stereocenters. The first-order chi connectivity index (χ1) is 12.4. The largest absolute Gasteiger partial charge is 0.451 e. The van der Waals surface area contributed by atoms with Crippen LogP contribution >= 0.6 is 46.4 Å². The van der Waals surface area contributed by atoms with E-state index >= 15 is 0 Å². The van der Waals surface area contributed by atoms with Crippen LogP contribution in [-0.2, 0) is 11.3 Å². The molecular weight excluding hydrogens is 424 g/mol. The monoisotopic (exact) mass is 431 g/mol. The van der Waals surface area contributed by atoms with Crippen molar-refractivity contribution in [2.45, 2.75) is 6.61 Å². The number of ether oxygens (including phenoxy) is 1. The van der Waals surface area contributed by atoms with E-state index in [1.807, 2.05) is 0 Å². The Hall–Kier alpha value is -1.99. The standard InChI is InChI=1S/C16H9Cl4N3O3/c17-8-3-1-7(2-4-8)9-5-22-10(26-9)6-25-16(24)14-11(18)13(21)12(19)15(20)23-14/h1-5H,6H2,(H2,21,23). The SMILES string of the molecule is Nc1c(Cl)c(Cl)nc(C(=O)OCc2ncc(-c3ccc(Cl)cc3)o2)c1Cl. The summed E-state index contributed by atoms with van der Waals surface area (Å²) in [6.07, 6.45) is 1.51. The fourth-order valence-corrected chi connectivity index (χ4v) is 2.70. The van der Waals surface area contributed by atoms with Gasteiger partial charge in [0.1, 0.15) is 5.02 Å². The second-order valence-electron chi connectivity index (χ2n) is 4.99. The Morgan fingerprint density at radius 2 is 1.81 bits per heavy atom. The van der Waals surface area contributed by atoms with Gasteiger partial charge in [0, 0.05) is 10.6 Å². The van der Waals surface area contributed by atoms with Crippen LogP contribution < -0.4 is 5.73 Å². The number of nitrogen functional groups attached to an aromatic ring is 1. The summed E-state index contributed by atoms with van der Waals surface area (Å²) in [5.74, 6) is -0.151. The number of esters is 1. The van der Waals surface area contributed by atoms with E-state index in [0.717, 1.165) is 5.56 Å². The molecule has 0 fully saturated rings. The van der Waals surface area contributed by atoms with Crippen molar-refractivity contribution in [3.8, 4) is 11.3 Å². The summed E-state index contributed by atoms with van der Waals surface area (Å²) in [4.78, 5) is 20.0. The lowest BCUT2D eigenvalue weighted by atomic mass is 10.2. The van der Waals surface area contributed by atoms with Crippen LogP contribution in [0.25, 0.3) is 11.3 Å². The maximum absolute atomic E-state index is 12.2. The molecule has 0 radical (unpaired) electrons. The Balaban J connectivity index is 1.72. The topological polar surface area (TPSA) is 91.2 Å². The molecule has 26 heavy (non-hydrogen) atoms. The number of hydrogen-bond donors (Lipinski definition) is 1. The molecular formula is C16H9Cl4N3O3. The van der Waals surface area contributed by atoms with E-state index in [-0.39, 0.29) is 39.1 Å². The zero-order valence-corrected chi connectivity index (χ0v) is 15.8. The first-order valence-corrected chi connectivity index (χ1v) is 8.55. The first-order valence-electron chi connectivity index (χ1n) is 7.04. The second-order valence-corrected chi connectivity index (χ2v) is 6.54. The highest BCUT2D eigenvalue weighted by atomic mass is 35.5. The molecule has 134 valence electrons. The number of pyridine rings is 1. The molecule has 10 heteroatoms. The van der Waals surface area contributed by atoms with Gasteiger partial charge >= 0.3 is 5.97 Å². The number of anilines is 1. The molecule has 0 bridgehead atoms. The van der Waals surface area contributed by atoms with E-state index in [9.17, 15) is 4.79 Å². The van der Waals surface area contributed by atoms with Gasteiger partial charge in [0.25, 0.3) is 0 Å². The Labute approximate surface area is 167 Å². The van der Waals surface area contributed by atoms with Crippen LogP contribution in [0.3, 0.4) is 0 Å². The Bertz CT molecular complexity index is 974. The van der Waals surface area contributed by atoms with Gasteiger partial charge in [0.05, 0.1) is 16.9 Å². The van der Waals surface area contributed by atoms with Gasteiger partial charge in [-0.3, -0.25) is 0 Å². The number of carbonyl (C=O) groups is 1. The summed E-state index contributed by atoms with van der Waals surface area (Å²) in [6, 6.07) is 7.00. The average molecular weight is 433 g/mol. The van der Waals surface area contributed by atoms with Crippen molar-refractivity contribution >= 4 is 58.1 Å². The fraction of sp³-hybridized carbons (Fsp3) is 0.0625. The number of rotatable bonds is 4. The minimum Gasteiger partial charge on any atom is -0.451 e. The summed E-state index contributed by atoms with van der Waals surface area (Å²) in [5, 5.41) is 0.279. The molecule has 2 heterocycles. The van der Waals surface area contributed by atoms with Crippen LogP contribution in [0.1, 0.15) is 16.4 Å². The maximum atomic E-state index is 12.2. The quantitative estimate of drug-likeness (QED) is 0.444. The number of benzene rings is 1. The van der Waals surface area contributed by atoms with Gasteiger partial charge in [-0.15, -0.1) is 0 Å². The molecule has 3 aromatic rings. The molecule has 0 aliphatic heterocycles. The Morgan fingerprint density at radius 3 is 2.50 bits per heavy atom. The number of hydrogen-bond acceptors (Lipinski definition) is 6. The van der Waals surface area contributed by atoms with Gasteiger partial charge in [-0.25, -0.2) is 14.8 Å². The van der Waals surface area contributed by atoms with Crippen molar-refractivity contribution in [2.24, 2.45) is 0 Å². The number of oxazole rings is 1. The smallest absolute Gasteiger partial charge is 0.359 e. The Kier molecular flexibility index (Phi) is 5.58. The van der Waals surface area contributed by atoms with E-state index in [1.54, 1.807) is 24.3 Å². The van der Waals surface area contributed by atoms with Gasteiger partial charge in [-0.05, 0) is 24.3 Å². The number of nitrogens with two attached hydrogens (primary N) is 1. The highest BCUT2D eigenvalue weighted by Gasteiger charge is 2.21. The van der Waals surface area contributed by atoms with E-state index in [0.29, 0.717) is 10.8 Å². The van der Waals surface area contributed by atoms with E-state index in [2.05, 4.69) is 9.97 Å². The number of carbonyl (C=O) groups excluding carboxylic acids is 1. The van der Waals surface area contributed by atoms with E-state index < -0.39 is 5.97 Å². The predicted octanol–water partition coefficient (Wildman–Crippen LogP) is 5.29. The van der Waals surface area contributed by atoms with Crippen LogP contribution in [0.15, 0.2) is 34.9 Å². The van der Waals surface area contributed by atoms with Crippen LogP contribution in [0.4, 0.5) is 5.69 Å². The van der Waals surface area contributed by atoms with Crippen LogP contribution in [0.2, 0.25) is 20.2 Å². The molecule has 0 saturated heterocycles. The van der Waals surface area contributed by atoms with Crippen LogP contribution in [0.5, 0.6) is 0 Å². The third kappa shape index (κ3) is 3.88. The molecule has 3 rings (SSSR count). The Morgan fingerprint density at radius 1 is 1.12 bits per heavy atom. The van der Waals surface area contributed by atoms with Crippen molar-refractivity contribution in [1.29, 1.82) is 0 Å². The van der Waals surface area contributed by atoms with Gasteiger partial charge in [0.2, 0.25) is 5.89 Å². The highest BCUT2D eigenvalue weighted by Crippen LogP contribution is 2.34. The lowest BCUT2D eigenvalue weighted by molar-refractivity contribution is 0.0432. The van der Waals surface area contributed by atoms with E-state index in [1.165, 1.54) is 6.20 Å². The zero-order chi connectivity index (χ0) is 18.8. The van der Waals surface area contributed by atoms with Crippen molar-refractivity contribution in [3.63, 3.8) is 0 Å². The highest BCUT2D eigenvalue weighted by molar-refractivity contribution is 6.46. The van der Waals surface area contributed by atoms with Crippen molar-refractivity contribution < 1.29 is 13.9 Å². The van der Waals surface area contributed by atoms with Gasteiger partial charge in [-0.2, -0.15) is 0 Å². The first kappa shape index (κ1) is 18.8. The lowest BCUT2D eigenvalue weighted by Crippen LogP contribution is -2.10. The molecule has 2 aromatic heterocycles. The van der Waals surface area contributed by atoms with Gasteiger partial charge in [0.15, 0.2) is 23.2 Å². The summed E-state index contributed by atoms with van der Waals surface area (Å²) in [7, 11) is 0. The van der Waals surface area contributed by atoms with Crippen molar-refractivity contribution in [3.05, 3.63) is 62.3 Å². The summed E-state index contributed by atoms with van der Waals surface area (Å²) < 4.78 is 10.6. The summed E-state index contributed by atoms with van der Waals surface area (Å²) in [6.45, 7) is -0.232. The molecule has 2 N–H and O–H groups in total. The second kappa shape index (κ2) is 7.72. The molecule has 0 spiro atoms. The van der Waals surface area contributed by atoms with Gasteiger partial charge < -0.3 is 14.9 Å². The molecule has 0 saturated carbocycles. The van der Waals surface area contributed by atoms with Crippen LogP contribution in [-0.4, -0.2) is 15.9 Å². The number of halogens is 4. The molecule has 1 aromatic carbocycles. The number of aromatic nitrogens is 2. The molecule has 0 aliphatic carbocycles. The van der Waals surface area contributed by atoms with Gasteiger partial charge in [-0.1, -0.05) is 46.4 Å². The lowest BCUT2D eigenvalue weighted by Gasteiger charge is -2.08. The predicted molar refractivity (Wildman–Crippen MR) is 99.7 cm³/mol. The summed E-state index contributed by atoms with van der Waals surface area (Å²) >= 11 is 23.4. The minimum atomic E-state index is -0.841. The average Bonchev–Trinajstić information content (AvgIpc) is 3.10. The summed E-state index contributed by atoms with van der Waals surface area (Å²) in [5.41, 5.74) is 6.15. The van der Waals surface area contributed by atoms with Crippen molar-refractivity contribution in [1.82, 2.24) is 9.97 Å².